The summed E-state index contributed by atoms with van der Waals surface area (Å²) in [4.78, 5) is 24.3. The minimum Gasteiger partial charge on any atom is -0.375 e. The molecule has 1 aromatic carbocycles. The minimum atomic E-state index is -3.45. The summed E-state index contributed by atoms with van der Waals surface area (Å²) in [6, 6.07) is 7.25. The highest BCUT2D eigenvalue weighted by atomic mass is 32.2. The van der Waals surface area contributed by atoms with Gasteiger partial charge in [-0.05, 0) is 56.9 Å². The maximum atomic E-state index is 12.5. The molecule has 10 heteroatoms. The molecule has 1 rings (SSSR count). The van der Waals surface area contributed by atoms with Crippen molar-refractivity contribution in [1.29, 1.82) is 0 Å². The number of amides is 2. The fourth-order valence-electron chi connectivity index (χ4n) is 3.31. The molecule has 0 saturated heterocycles. The first-order chi connectivity index (χ1) is 20.9. The van der Waals surface area contributed by atoms with Crippen LogP contribution in [0.5, 0.6) is 0 Å². The van der Waals surface area contributed by atoms with Gasteiger partial charge in [0.15, 0.2) is 9.84 Å². The molecule has 0 aliphatic heterocycles. The summed E-state index contributed by atoms with van der Waals surface area (Å²) in [5, 5.41) is 8.52. The van der Waals surface area contributed by atoms with Crippen LogP contribution < -0.4 is 16.0 Å². The van der Waals surface area contributed by atoms with Crippen molar-refractivity contribution in [3.8, 4) is 25.7 Å². The lowest BCUT2D eigenvalue weighted by atomic mass is 10.1. The van der Waals surface area contributed by atoms with Crippen molar-refractivity contribution in [2.24, 2.45) is 0 Å². The van der Waals surface area contributed by atoms with Crippen molar-refractivity contribution in [3.05, 3.63) is 72.6 Å². The number of hydrogen-bond donors (Lipinski definition) is 3. The Morgan fingerprint density at radius 1 is 1.05 bits per heavy atom. The standard InChI is InChI=1S/C22H37N3O5S.C6H9F.C2H4.2C2H2/c1-4-6-13-31(28,29)17-20(25-21(26)16-30-3)22(27)24-12-8-11-23-15-19-10-7-9-18(5-2)14-19;1-5(2)4-6(3)7;3*1-2/h7,9-10,14,20,23H,4-6,8,11-13,15-17H2,1-3H3,(H,24,27)(H,25,26);4H,3H2,1-2H3;1-2H2;2*1-2H/t20-;;;;/m1..../s1. The van der Waals surface area contributed by atoms with Crippen molar-refractivity contribution in [1.82, 2.24) is 16.0 Å². The summed E-state index contributed by atoms with van der Waals surface area (Å²) in [7, 11) is -2.09. The van der Waals surface area contributed by atoms with Crippen LogP contribution in [0.2, 0.25) is 0 Å². The average molecular weight is 636 g/mol. The van der Waals surface area contributed by atoms with E-state index in [9.17, 15) is 22.4 Å². The van der Waals surface area contributed by atoms with Gasteiger partial charge < -0.3 is 20.7 Å². The Kier molecular flexibility index (Phi) is 34.6. The van der Waals surface area contributed by atoms with E-state index in [1.54, 1.807) is 0 Å². The zero-order chi connectivity index (χ0) is 35.0. The van der Waals surface area contributed by atoms with E-state index < -0.39 is 33.4 Å². The molecular formula is C34H54FN3O5S. The SMILES string of the molecule is C#C.C#C.C=C.C=C(F)C=C(C)C.CCCCS(=O)(=O)C[C@@H](NC(=O)COC)C(=O)NCCCNCc1cccc(CC)c1. The van der Waals surface area contributed by atoms with Crippen LogP contribution in [0.1, 0.15) is 58.1 Å². The van der Waals surface area contributed by atoms with Gasteiger partial charge in [0.25, 0.3) is 0 Å². The Labute approximate surface area is 266 Å². The highest BCUT2D eigenvalue weighted by Crippen LogP contribution is 2.05. The third-order valence-corrected chi connectivity index (χ3v) is 6.91. The van der Waals surface area contributed by atoms with Crippen molar-refractivity contribution in [3.63, 3.8) is 0 Å². The predicted octanol–water partition coefficient (Wildman–Crippen LogP) is 4.93. The van der Waals surface area contributed by atoms with E-state index in [-0.39, 0.29) is 18.2 Å². The van der Waals surface area contributed by atoms with Crippen molar-refractivity contribution in [2.75, 3.05) is 38.3 Å². The molecule has 1 atom stereocenters. The molecule has 8 nitrogen and oxygen atoms in total. The number of allylic oxidation sites excluding steroid dienone is 3. The first-order valence-electron chi connectivity index (χ1n) is 14.1. The van der Waals surface area contributed by atoms with Crippen LogP contribution in [-0.2, 0) is 37.1 Å². The molecule has 0 spiro atoms. The van der Waals surface area contributed by atoms with Gasteiger partial charge in [0, 0.05) is 20.2 Å². The fourth-order valence-corrected chi connectivity index (χ4v) is 4.94. The largest absolute Gasteiger partial charge is 0.375 e. The van der Waals surface area contributed by atoms with Crippen LogP contribution in [0.25, 0.3) is 0 Å². The second kappa shape index (κ2) is 32.2. The van der Waals surface area contributed by atoms with Crippen LogP contribution in [0, 0.1) is 25.7 Å². The van der Waals surface area contributed by atoms with Gasteiger partial charge in [-0.15, -0.1) is 38.9 Å². The Bertz CT molecular complexity index is 1090. The van der Waals surface area contributed by atoms with Crippen molar-refractivity contribution in [2.45, 2.75) is 66.0 Å². The van der Waals surface area contributed by atoms with Gasteiger partial charge in [-0.25, -0.2) is 12.8 Å². The summed E-state index contributed by atoms with van der Waals surface area (Å²) in [6.45, 7) is 18.3. The first kappa shape index (κ1) is 47.2. The highest BCUT2D eigenvalue weighted by Gasteiger charge is 2.26. The molecule has 0 bridgehead atoms. The number of methoxy groups -OCH3 is 1. The molecule has 0 heterocycles. The van der Waals surface area contributed by atoms with E-state index in [2.05, 4.69) is 86.5 Å². The molecule has 0 aromatic heterocycles. The Morgan fingerprint density at radius 2 is 1.64 bits per heavy atom. The van der Waals surface area contributed by atoms with Crippen LogP contribution in [0.4, 0.5) is 4.39 Å². The number of halogens is 1. The summed E-state index contributed by atoms with van der Waals surface area (Å²) in [5.41, 5.74) is 3.44. The maximum absolute atomic E-state index is 12.5. The Balaban J connectivity index is -0.000000524. The molecule has 0 radical (unpaired) electrons. The summed E-state index contributed by atoms with van der Waals surface area (Å²) >= 11 is 0. The summed E-state index contributed by atoms with van der Waals surface area (Å²) in [6.07, 6.45) is 20.3. The third kappa shape index (κ3) is 29.8. The number of rotatable bonds is 17. The van der Waals surface area contributed by atoms with Crippen LogP contribution >= 0.6 is 0 Å². The molecule has 248 valence electrons. The Morgan fingerprint density at radius 3 is 2.11 bits per heavy atom. The number of terminal acetylenes is 2. The molecule has 3 N–H and O–H groups in total. The molecule has 2 amide bonds. The quantitative estimate of drug-likeness (QED) is 0.0969. The van der Waals surface area contributed by atoms with Crippen molar-refractivity contribution < 1.29 is 27.1 Å². The molecule has 0 fully saturated rings. The van der Waals surface area contributed by atoms with Gasteiger partial charge in [0.1, 0.15) is 18.5 Å². The monoisotopic (exact) mass is 635 g/mol. The van der Waals surface area contributed by atoms with Gasteiger partial charge in [-0.1, -0.05) is 56.7 Å². The van der Waals surface area contributed by atoms with Gasteiger partial charge in [0.05, 0.1) is 11.5 Å². The van der Waals surface area contributed by atoms with Crippen molar-refractivity contribution >= 4 is 21.7 Å². The predicted molar refractivity (Wildman–Crippen MR) is 183 cm³/mol. The highest BCUT2D eigenvalue weighted by molar-refractivity contribution is 7.91. The number of benzene rings is 1. The third-order valence-electron chi connectivity index (χ3n) is 5.16. The number of ether oxygens (including phenoxy) is 1. The van der Waals surface area contributed by atoms with E-state index in [1.165, 1.54) is 24.3 Å². The van der Waals surface area contributed by atoms with Gasteiger partial charge in [0.2, 0.25) is 11.8 Å². The minimum absolute atomic E-state index is 0.00339. The zero-order valence-corrected chi connectivity index (χ0v) is 28.1. The zero-order valence-electron chi connectivity index (χ0n) is 27.3. The molecular weight excluding hydrogens is 581 g/mol. The molecule has 44 heavy (non-hydrogen) atoms. The number of sulfone groups is 1. The number of carbonyl (C=O) groups excluding carboxylic acids is 2. The number of hydrogen-bond acceptors (Lipinski definition) is 6. The summed E-state index contributed by atoms with van der Waals surface area (Å²) in [5.74, 6) is -1.82. The van der Waals surface area contributed by atoms with E-state index >= 15 is 0 Å². The van der Waals surface area contributed by atoms with Gasteiger partial charge in [-0.3, -0.25) is 9.59 Å². The number of carbonyl (C=O) groups is 2. The van der Waals surface area contributed by atoms with Crippen LogP contribution in [0.15, 0.2) is 61.5 Å². The van der Waals surface area contributed by atoms with E-state index in [4.69, 9.17) is 4.74 Å². The Hall–Kier alpha value is -3.70. The topological polar surface area (TPSA) is 114 Å². The molecule has 0 saturated carbocycles. The number of unbranched alkanes of at least 4 members (excludes halogenated alkanes) is 1. The second-order valence-corrected chi connectivity index (χ2v) is 11.4. The number of aryl methyl sites for hydroxylation is 1. The normalized spacial score (nSPS) is 10.1. The average Bonchev–Trinajstić information content (AvgIpc) is 3.00. The fraction of sp³-hybridized carbons (Fsp3) is 0.471. The number of nitrogens with one attached hydrogen (secondary N) is 3. The smallest absolute Gasteiger partial charge is 0.246 e. The lowest BCUT2D eigenvalue weighted by molar-refractivity contribution is -0.130. The lowest BCUT2D eigenvalue weighted by Crippen LogP contribution is -2.51. The molecule has 1 aromatic rings. The molecule has 0 aliphatic carbocycles. The van der Waals surface area contributed by atoms with Crippen LogP contribution in [-0.4, -0.2) is 64.6 Å². The molecule has 0 aliphatic rings. The lowest BCUT2D eigenvalue weighted by Gasteiger charge is -2.18. The van der Waals surface area contributed by atoms with Gasteiger partial charge >= 0.3 is 0 Å². The maximum Gasteiger partial charge on any atom is 0.246 e. The molecule has 0 unspecified atom stereocenters. The van der Waals surface area contributed by atoms with E-state index in [1.807, 2.05) is 26.8 Å². The van der Waals surface area contributed by atoms with E-state index in [0.29, 0.717) is 25.9 Å². The van der Waals surface area contributed by atoms with Crippen LogP contribution in [0.3, 0.4) is 0 Å². The first-order valence-corrected chi connectivity index (χ1v) is 16.0. The second-order valence-electron chi connectivity index (χ2n) is 9.18. The van der Waals surface area contributed by atoms with E-state index in [0.717, 1.165) is 25.0 Å². The summed E-state index contributed by atoms with van der Waals surface area (Å²) < 4.78 is 41.0. The van der Waals surface area contributed by atoms with Gasteiger partial charge in [-0.2, -0.15) is 0 Å².